The third-order valence-corrected chi connectivity index (χ3v) is 4.54. The normalized spacial score (nSPS) is 14.1. The van der Waals surface area contributed by atoms with Gasteiger partial charge in [-0.1, -0.05) is 6.58 Å². The molecule has 0 radical (unpaired) electrons. The molecule has 2 aromatic carbocycles. The zero-order chi connectivity index (χ0) is 22.2. The molecule has 1 N–H and O–H groups in total. The molecule has 0 spiro atoms. The van der Waals surface area contributed by atoms with Crippen molar-refractivity contribution in [2.24, 2.45) is 0 Å². The Morgan fingerprint density at radius 2 is 1.87 bits per heavy atom. The van der Waals surface area contributed by atoms with Crippen LogP contribution in [0.25, 0.3) is 0 Å². The molecule has 1 aliphatic rings. The van der Waals surface area contributed by atoms with Crippen molar-refractivity contribution in [1.82, 2.24) is 5.32 Å². The minimum atomic E-state index is -4.79. The number of anilines is 2. The van der Waals surface area contributed by atoms with Crippen molar-refractivity contribution in [3.05, 3.63) is 71.3 Å². The highest BCUT2D eigenvalue weighted by molar-refractivity contribution is 6.04. The zero-order valence-corrected chi connectivity index (χ0v) is 15.5. The first-order valence-electron chi connectivity index (χ1n) is 8.51. The predicted octanol–water partition coefficient (Wildman–Crippen LogP) is 3.40. The number of halogens is 4. The molecule has 1 saturated heterocycles. The highest BCUT2D eigenvalue weighted by Gasteiger charge is 2.37. The van der Waals surface area contributed by atoms with Gasteiger partial charge < -0.3 is 10.2 Å². The van der Waals surface area contributed by atoms with Gasteiger partial charge in [-0.15, -0.1) is 0 Å². The van der Waals surface area contributed by atoms with Gasteiger partial charge >= 0.3 is 6.18 Å². The molecule has 3 rings (SSSR count). The number of hydrogen-bond donors (Lipinski definition) is 1. The first-order valence-corrected chi connectivity index (χ1v) is 8.51. The number of carbonyl (C=O) groups is 2. The lowest BCUT2D eigenvalue weighted by atomic mass is 10.1. The van der Waals surface area contributed by atoms with E-state index in [-0.39, 0.29) is 29.3 Å². The fraction of sp³-hybridized carbons (Fsp3) is 0.150. The molecule has 1 heterocycles. The van der Waals surface area contributed by atoms with E-state index in [4.69, 9.17) is 5.26 Å². The number of alkyl halides is 3. The van der Waals surface area contributed by atoms with E-state index in [0.717, 1.165) is 17.0 Å². The quantitative estimate of drug-likeness (QED) is 0.776. The van der Waals surface area contributed by atoms with Gasteiger partial charge in [0.05, 0.1) is 28.4 Å². The number of nitriles is 1. The van der Waals surface area contributed by atoms with E-state index in [1.54, 1.807) is 0 Å². The Labute approximate surface area is 168 Å². The fourth-order valence-electron chi connectivity index (χ4n) is 3.09. The van der Waals surface area contributed by atoms with Crippen LogP contribution in [0.15, 0.2) is 48.8 Å². The molecule has 0 saturated carbocycles. The first-order chi connectivity index (χ1) is 14.1. The van der Waals surface area contributed by atoms with Gasteiger partial charge in [0.15, 0.2) is 0 Å². The number of nitrogens with zero attached hydrogens (tertiary/aromatic N) is 3. The van der Waals surface area contributed by atoms with Gasteiger partial charge in [-0.25, -0.2) is 4.39 Å². The maximum Gasteiger partial charge on any atom is 0.417 e. The number of nitrogens with one attached hydrogen (secondary N) is 1. The van der Waals surface area contributed by atoms with Crippen LogP contribution in [0.1, 0.15) is 21.5 Å². The molecule has 0 bridgehead atoms. The molecule has 2 aromatic rings. The maximum absolute atomic E-state index is 14.3. The lowest BCUT2D eigenvalue weighted by molar-refractivity contribution is -0.137. The summed E-state index contributed by atoms with van der Waals surface area (Å²) < 4.78 is 54.0. The standard InChI is InChI=1S/C20H14F4N4O2/c1-11-27(13-5-6-15(17(21)8-13)19(30)26-2)10-18(29)28(11)14-4-3-12(9-25)16(7-14)20(22,23)24/h3-8H,1,10H2,2H3,(H,26,30). The van der Waals surface area contributed by atoms with E-state index in [2.05, 4.69) is 11.9 Å². The zero-order valence-electron chi connectivity index (χ0n) is 15.5. The van der Waals surface area contributed by atoms with Crippen molar-refractivity contribution >= 4 is 23.2 Å². The van der Waals surface area contributed by atoms with Crippen molar-refractivity contribution in [3.8, 4) is 6.07 Å². The van der Waals surface area contributed by atoms with Crippen molar-refractivity contribution in [2.45, 2.75) is 6.18 Å². The van der Waals surface area contributed by atoms with E-state index >= 15 is 0 Å². The van der Waals surface area contributed by atoms with E-state index in [1.165, 1.54) is 36.2 Å². The van der Waals surface area contributed by atoms with Crippen LogP contribution in [0, 0.1) is 17.1 Å². The fourth-order valence-corrected chi connectivity index (χ4v) is 3.09. The number of carbonyl (C=O) groups excluding carboxylic acids is 2. The minimum Gasteiger partial charge on any atom is -0.355 e. The summed E-state index contributed by atoms with van der Waals surface area (Å²) >= 11 is 0. The molecular formula is C20H14F4N4O2. The van der Waals surface area contributed by atoms with Crippen molar-refractivity contribution in [2.75, 3.05) is 23.4 Å². The second kappa shape index (κ2) is 7.51. The molecule has 10 heteroatoms. The summed E-state index contributed by atoms with van der Waals surface area (Å²) in [5.74, 6) is -2.05. The third-order valence-electron chi connectivity index (χ3n) is 4.54. The monoisotopic (exact) mass is 418 g/mol. The van der Waals surface area contributed by atoms with E-state index in [0.29, 0.717) is 6.07 Å². The van der Waals surface area contributed by atoms with Gasteiger partial charge in [0, 0.05) is 12.7 Å². The van der Waals surface area contributed by atoms with Gasteiger partial charge in [-0.05, 0) is 36.4 Å². The second-order valence-electron chi connectivity index (χ2n) is 6.31. The van der Waals surface area contributed by atoms with Crippen LogP contribution in [0.4, 0.5) is 28.9 Å². The number of hydrogen-bond acceptors (Lipinski definition) is 4. The number of amides is 2. The SMILES string of the molecule is C=C1N(c2ccc(C(=O)NC)c(F)c2)CC(=O)N1c1ccc(C#N)c(C(F)(F)F)c1. The Balaban J connectivity index is 1.97. The van der Waals surface area contributed by atoms with Crippen LogP contribution in [0.5, 0.6) is 0 Å². The van der Waals surface area contributed by atoms with Gasteiger partial charge in [-0.2, -0.15) is 18.4 Å². The average Bonchev–Trinajstić information content (AvgIpc) is 3.00. The van der Waals surface area contributed by atoms with Crippen molar-refractivity contribution < 1.29 is 27.2 Å². The van der Waals surface area contributed by atoms with Gasteiger partial charge in [-0.3, -0.25) is 14.5 Å². The van der Waals surface area contributed by atoms with Crippen LogP contribution >= 0.6 is 0 Å². The van der Waals surface area contributed by atoms with Gasteiger partial charge in [0.2, 0.25) is 0 Å². The summed E-state index contributed by atoms with van der Waals surface area (Å²) in [6.07, 6.45) is -4.79. The van der Waals surface area contributed by atoms with Crippen LogP contribution in [-0.4, -0.2) is 25.4 Å². The maximum atomic E-state index is 14.3. The molecule has 2 amide bonds. The first kappa shape index (κ1) is 20.9. The minimum absolute atomic E-state index is 0.00456. The van der Waals surface area contributed by atoms with Crippen molar-refractivity contribution in [3.63, 3.8) is 0 Å². The Bertz CT molecular complexity index is 1100. The Hall–Kier alpha value is -3.87. The Morgan fingerprint density at radius 1 is 1.20 bits per heavy atom. The highest BCUT2D eigenvalue weighted by Crippen LogP contribution is 2.37. The predicted molar refractivity (Wildman–Crippen MR) is 99.9 cm³/mol. The highest BCUT2D eigenvalue weighted by atomic mass is 19.4. The largest absolute Gasteiger partial charge is 0.417 e. The molecule has 1 aliphatic heterocycles. The summed E-state index contributed by atoms with van der Waals surface area (Å²) in [5.41, 5.74) is -1.88. The summed E-state index contributed by atoms with van der Waals surface area (Å²) in [5, 5.41) is 11.2. The summed E-state index contributed by atoms with van der Waals surface area (Å²) in [4.78, 5) is 26.4. The van der Waals surface area contributed by atoms with E-state index < -0.39 is 34.9 Å². The average molecular weight is 418 g/mol. The van der Waals surface area contributed by atoms with Gasteiger partial charge in [0.1, 0.15) is 18.2 Å². The second-order valence-corrected chi connectivity index (χ2v) is 6.31. The van der Waals surface area contributed by atoms with Crippen LogP contribution in [0.2, 0.25) is 0 Å². The number of benzene rings is 2. The van der Waals surface area contributed by atoms with Crippen molar-refractivity contribution in [1.29, 1.82) is 5.26 Å². The molecule has 30 heavy (non-hydrogen) atoms. The molecule has 0 aromatic heterocycles. The Morgan fingerprint density at radius 3 is 2.43 bits per heavy atom. The molecular weight excluding hydrogens is 404 g/mol. The Kier molecular flexibility index (Phi) is 5.22. The molecule has 6 nitrogen and oxygen atoms in total. The molecule has 1 fully saturated rings. The van der Waals surface area contributed by atoms with Gasteiger partial charge in [0.25, 0.3) is 11.8 Å². The van der Waals surface area contributed by atoms with E-state index in [9.17, 15) is 27.2 Å². The lowest BCUT2D eigenvalue weighted by Gasteiger charge is -2.23. The topological polar surface area (TPSA) is 76.4 Å². The number of rotatable bonds is 3. The smallest absolute Gasteiger partial charge is 0.355 e. The van der Waals surface area contributed by atoms with Crippen LogP contribution in [-0.2, 0) is 11.0 Å². The van der Waals surface area contributed by atoms with Crippen LogP contribution < -0.4 is 15.1 Å². The van der Waals surface area contributed by atoms with E-state index in [1.807, 2.05) is 0 Å². The van der Waals surface area contributed by atoms with Crippen LogP contribution in [0.3, 0.4) is 0 Å². The third kappa shape index (κ3) is 3.57. The molecule has 154 valence electrons. The summed E-state index contributed by atoms with van der Waals surface area (Å²) in [6.45, 7) is 3.45. The lowest BCUT2D eigenvalue weighted by Crippen LogP contribution is -2.25. The molecule has 0 atom stereocenters. The molecule has 0 aliphatic carbocycles. The summed E-state index contributed by atoms with van der Waals surface area (Å²) in [6, 6.07) is 8.00. The summed E-state index contributed by atoms with van der Waals surface area (Å²) in [7, 11) is 1.35. The molecule has 0 unspecified atom stereocenters.